The molecular weight excluding hydrogens is 128 g/mol. The topological polar surface area (TPSA) is 21.8 Å². The average Bonchev–Trinajstić information content (AvgIpc) is 2.61. The Bertz CT molecular complexity index is 124. The molecule has 0 N–H and O–H groups in total. The van der Waals surface area contributed by atoms with Gasteiger partial charge in [-0.05, 0) is 12.8 Å². The SMILES string of the molecule is CC[C@@H]1C[C@@H]2O[C@@H]2CCO1. The van der Waals surface area contributed by atoms with Gasteiger partial charge in [0.1, 0.15) is 0 Å². The van der Waals surface area contributed by atoms with Crippen molar-refractivity contribution in [3.05, 3.63) is 0 Å². The van der Waals surface area contributed by atoms with E-state index in [1.165, 1.54) is 0 Å². The zero-order valence-electron chi connectivity index (χ0n) is 6.38. The van der Waals surface area contributed by atoms with E-state index in [0.29, 0.717) is 18.3 Å². The van der Waals surface area contributed by atoms with Gasteiger partial charge in [0.05, 0.1) is 18.3 Å². The molecule has 2 aliphatic rings. The minimum atomic E-state index is 0.470. The van der Waals surface area contributed by atoms with Gasteiger partial charge in [0, 0.05) is 13.0 Å². The second-order valence-corrected chi connectivity index (χ2v) is 3.14. The minimum Gasteiger partial charge on any atom is -0.378 e. The normalized spacial score (nSPS) is 45.9. The minimum absolute atomic E-state index is 0.470. The van der Waals surface area contributed by atoms with E-state index in [1.54, 1.807) is 0 Å². The van der Waals surface area contributed by atoms with Gasteiger partial charge in [-0.3, -0.25) is 0 Å². The van der Waals surface area contributed by atoms with Crippen LogP contribution in [0, 0.1) is 0 Å². The number of ether oxygens (including phenoxy) is 2. The van der Waals surface area contributed by atoms with Gasteiger partial charge in [-0.15, -0.1) is 0 Å². The first-order chi connectivity index (χ1) is 4.90. The van der Waals surface area contributed by atoms with E-state index in [9.17, 15) is 0 Å². The molecule has 0 aliphatic carbocycles. The van der Waals surface area contributed by atoms with Crippen LogP contribution in [0.15, 0.2) is 0 Å². The smallest absolute Gasteiger partial charge is 0.0867 e. The summed E-state index contributed by atoms with van der Waals surface area (Å²) in [6.45, 7) is 3.08. The van der Waals surface area contributed by atoms with Crippen molar-refractivity contribution in [2.45, 2.75) is 44.5 Å². The van der Waals surface area contributed by atoms with Crippen LogP contribution in [0.25, 0.3) is 0 Å². The van der Waals surface area contributed by atoms with Gasteiger partial charge >= 0.3 is 0 Å². The summed E-state index contributed by atoms with van der Waals surface area (Å²) >= 11 is 0. The van der Waals surface area contributed by atoms with Gasteiger partial charge in [0.15, 0.2) is 0 Å². The number of epoxide rings is 1. The molecule has 3 atom stereocenters. The maximum absolute atomic E-state index is 5.57. The van der Waals surface area contributed by atoms with Crippen LogP contribution >= 0.6 is 0 Å². The Morgan fingerprint density at radius 2 is 2.30 bits per heavy atom. The predicted octanol–water partition coefficient (Wildman–Crippen LogP) is 1.34. The van der Waals surface area contributed by atoms with Crippen molar-refractivity contribution in [3.8, 4) is 0 Å². The van der Waals surface area contributed by atoms with Gasteiger partial charge in [-0.1, -0.05) is 6.92 Å². The van der Waals surface area contributed by atoms with Crippen molar-refractivity contribution < 1.29 is 9.47 Å². The van der Waals surface area contributed by atoms with Gasteiger partial charge in [0.2, 0.25) is 0 Å². The first kappa shape index (κ1) is 6.62. The summed E-state index contributed by atoms with van der Waals surface area (Å²) in [5, 5.41) is 0. The molecule has 2 nitrogen and oxygen atoms in total. The largest absolute Gasteiger partial charge is 0.378 e. The number of hydrogen-bond donors (Lipinski definition) is 0. The summed E-state index contributed by atoms with van der Waals surface area (Å²) in [5.41, 5.74) is 0. The highest BCUT2D eigenvalue weighted by molar-refractivity contribution is 4.88. The molecule has 58 valence electrons. The van der Waals surface area contributed by atoms with Crippen LogP contribution in [0.5, 0.6) is 0 Å². The van der Waals surface area contributed by atoms with Gasteiger partial charge in [0.25, 0.3) is 0 Å². The Labute approximate surface area is 61.5 Å². The van der Waals surface area contributed by atoms with Crippen molar-refractivity contribution in [1.82, 2.24) is 0 Å². The molecule has 0 radical (unpaired) electrons. The lowest BCUT2D eigenvalue weighted by molar-refractivity contribution is 0.0368. The van der Waals surface area contributed by atoms with Crippen molar-refractivity contribution in [3.63, 3.8) is 0 Å². The Morgan fingerprint density at radius 3 is 3.10 bits per heavy atom. The zero-order chi connectivity index (χ0) is 6.97. The first-order valence-electron chi connectivity index (χ1n) is 4.17. The van der Waals surface area contributed by atoms with E-state index in [0.717, 1.165) is 25.9 Å². The van der Waals surface area contributed by atoms with Crippen LogP contribution in [-0.4, -0.2) is 24.9 Å². The Morgan fingerprint density at radius 1 is 1.40 bits per heavy atom. The molecule has 2 heteroatoms. The van der Waals surface area contributed by atoms with Crippen molar-refractivity contribution in [2.24, 2.45) is 0 Å². The highest BCUT2D eigenvalue weighted by atomic mass is 16.6. The standard InChI is InChI=1S/C8H14O2/c1-2-6-5-8-7(10-8)3-4-9-6/h6-8H,2-5H2,1H3/t6-,7-,8+/m1/s1. The monoisotopic (exact) mass is 142 g/mol. The third-order valence-electron chi connectivity index (χ3n) is 2.39. The molecule has 0 aromatic carbocycles. The van der Waals surface area contributed by atoms with E-state index in [4.69, 9.17) is 9.47 Å². The highest BCUT2D eigenvalue weighted by Gasteiger charge is 2.41. The molecule has 0 unspecified atom stereocenters. The van der Waals surface area contributed by atoms with Gasteiger partial charge in [-0.2, -0.15) is 0 Å². The molecule has 0 amide bonds. The highest BCUT2D eigenvalue weighted by Crippen LogP contribution is 2.33. The Balaban J connectivity index is 1.88. The fourth-order valence-electron chi connectivity index (χ4n) is 1.60. The van der Waals surface area contributed by atoms with Gasteiger partial charge < -0.3 is 9.47 Å². The second kappa shape index (κ2) is 2.51. The Hall–Kier alpha value is -0.0800. The third kappa shape index (κ3) is 1.18. The van der Waals surface area contributed by atoms with E-state index < -0.39 is 0 Å². The summed E-state index contributed by atoms with van der Waals surface area (Å²) in [4.78, 5) is 0. The fourth-order valence-corrected chi connectivity index (χ4v) is 1.60. The summed E-state index contributed by atoms with van der Waals surface area (Å²) in [7, 11) is 0. The summed E-state index contributed by atoms with van der Waals surface area (Å²) in [6.07, 6.45) is 4.94. The second-order valence-electron chi connectivity index (χ2n) is 3.14. The molecule has 2 rings (SSSR count). The third-order valence-corrected chi connectivity index (χ3v) is 2.39. The van der Waals surface area contributed by atoms with Gasteiger partial charge in [-0.25, -0.2) is 0 Å². The molecule has 0 aromatic heterocycles. The lowest BCUT2D eigenvalue weighted by Gasteiger charge is -2.11. The first-order valence-corrected chi connectivity index (χ1v) is 4.17. The molecule has 2 saturated heterocycles. The quantitative estimate of drug-likeness (QED) is 0.515. The number of rotatable bonds is 1. The maximum Gasteiger partial charge on any atom is 0.0867 e. The molecule has 0 saturated carbocycles. The van der Waals surface area contributed by atoms with Crippen LogP contribution in [-0.2, 0) is 9.47 Å². The molecule has 10 heavy (non-hydrogen) atoms. The number of hydrogen-bond acceptors (Lipinski definition) is 2. The summed E-state index contributed by atoms with van der Waals surface area (Å²) in [6, 6.07) is 0. The van der Waals surface area contributed by atoms with E-state index in [1.807, 2.05) is 0 Å². The molecule has 2 aliphatic heterocycles. The molecule has 0 bridgehead atoms. The van der Waals surface area contributed by atoms with E-state index in [-0.39, 0.29) is 0 Å². The Kier molecular flexibility index (Phi) is 1.66. The van der Waals surface area contributed by atoms with Crippen molar-refractivity contribution >= 4 is 0 Å². The van der Waals surface area contributed by atoms with Crippen LogP contribution in [0.3, 0.4) is 0 Å². The molecule has 2 fully saturated rings. The van der Waals surface area contributed by atoms with Crippen molar-refractivity contribution in [1.29, 1.82) is 0 Å². The van der Waals surface area contributed by atoms with E-state index in [2.05, 4.69) is 6.92 Å². The van der Waals surface area contributed by atoms with Crippen LogP contribution in [0.4, 0.5) is 0 Å². The van der Waals surface area contributed by atoms with Crippen LogP contribution in [0.1, 0.15) is 26.2 Å². The molecule has 0 spiro atoms. The van der Waals surface area contributed by atoms with Crippen molar-refractivity contribution in [2.75, 3.05) is 6.61 Å². The van der Waals surface area contributed by atoms with E-state index >= 15 is 0 Å². The summed E-state index contributed by atoms with van der Waals surface area (Å²) in [5.74, 6) is 0. The fraction of sp³-hybridized carbons (Fsp3) is 1.00. The van der Waals surface area contributed by atoms with Crippen LogP contribution in [0.2, 0.25) is 0 Å². The average molecular weight is 142 g/mol. The lowest BCUT2D eigenvalue weighted by atomic mass is 10.1. The van der Waals surface area contributed by atoms with Crippen LogP contribution < -0.4 is 0 Å². The predicted molar refractivity (Wildman–Crippen MR) is 37.9 cm³/mol. The maximum atomic E-state index is 5.57. The summed E-state index contributed by atoms with van der Waals surface area (Å²) < 4.78 is 11.0. The molecular formula is C8H14O2. The lowest BCUT2D eigenvalue weighted by Crippen LogP contribution is -2.12. The zero-order valence-corrected chi connectivity index (χ0v) is 6.38. The molecule has 0 aromatic rings. The molecule has 2 heterocycles. The number of fused-ring (bicyclic) bond motifs is 1.